The second kappa shape index (κ2) is 10.4. The molecular formula is C21H25BrClN3O2S. The van der Waals surface area contributed by atoms with Gasteiger partial charge >= 0.3 is 0 Å². The van der Waals surface area contributed by atoms with Crippen LogP contribution in [-0.2, 0) is 0 Å². The lowest BCUT2D eigenvalue weighted by atomic mass is 10.2. The number of fused-ring (bicyclic) bond motifs is 1. The molecule has 0 aliphatic heterocycles. The van der Waals surface area contributed by atoms with E-state index in [0.717, 1.165) is 39.0 Å². The lowest BCUT2D eigenvalue weighted by molar-refractivity contribution is 0.0986. The van der Waals surface area contributed by atoms with Crippen LogP contribution >= 0.6 is 39.7 Å². The molecule has 0 aliphatic carbocycles. The summed E-state index contributed by atoms with van der Waals surface area (Å²) in [6.45, 7) is 3.55. The van der Waals surface area contributed by atoms with Crippen molar-refractivity contribution in [3.8, 4) is 5.75 Å². The second-order valence-corrected chi connectivity index (χ2v) is 8.78. The van der Waals surface area contributed by atoms with Gasteiger partial charge in [0.2, 0.25) is 0 Å². The average Bonchev–Trinajstić information content (AvgIpc) is 3.11. The van der Waals surface area contributed by atoms with Gasteiger partial charge in [-0.25, -0.2) is 4.98 Å². The van der Waals surface area contributed by atoms with E-state index in [1.165, 1.54) is 11.3 Å². The standard InChI is InChI=1S/C21H24BrN3O2S.ClH/c1-14-9-10-17(27-4)18-19(14)28-21(23-18)25(12-6-11-24(2)3)20(26)15-7-5-8-16(22)13-15;/h5,7-10,13H,6,11-12H2,1-4H3;1H. The molecule has 0 N–H and O–H groups in total. The topological polar surface area (TPSA) is 45.7 Å². The summed E-state index contributed by atoms with van der Waals surface area (Å²) in [5.74, 6) is 0.682. The molecule has 0 radical (unpaired) electrons. The number of carbonyl (C=O) groups is 1. The predicted molar refractivity (Wildman–Crippen MR) is 127 cm³/mol. The summed E-state index contributed by atoms with van der Waals surface area (Å²) in [4.78, 5) is 22.0. The number of thiazole rings is 1. The minimum absolute atomic E-state index is 0. The number of anilines is 1. The molecule has 0 unspecified atom stereocenters. The van der Waals surface area contributed by atoms with Crippen LogP contribution in [0, 0.1) is 6.92 Å². The normalized spacial score (nSPS) is 10.8. The van der Waals surface area contributed by atoms with Crippen LogP contribution in [-0.4, -0.2) is 50.1 Å². The number of aryl methyl sites for hydroxylation is 1. The minimum atomic E-state index is -0.0456. The number of halogens is 2. The molecule has 1 heterocycles. The summed E-state index contributed by atoms with van der Waals surface area (Å²) in [6.07, 6.45) is 0.860. The molecule has 3 aromatic rings. The van der Waals surface area contributed by atoms with Gasteiger partial charge in [0.1, 0.15) is 11.3 Å². The number of hydrogen-bond acceptors (Lipinski definition) is 5. The van der Waals surface area contributed by atoms with E-state index in [4.69, 9.17) is 9.72 Å². The molecule has 156 valence electrons. The van der Waals surface area contributed by atoms with Crippen LogP contribution in [0.2, 0.25) is 0 Å². The van der Waals surface area contributed by atoms with E-state index in [-0.39, 0.29) is 18.3 Å². The van der Waals surface area contributed by atoms with Crippen molar-refractivity contribution in [1.29, 1.82) is 0 Å². The fourth-order valence-corrected chi connectivity index (χ4v) is 4.46. The van der Waals surface area contributed by atoms with Gasteiger partial charge < -0.3 is 9.64 Å². The first-order valence-corrected chi connectivity index (χ1v) is 10.7. The minimum Gasteiger partial charge on any atom is -0.494 e. The van der Waals surface area contributed by atoms with Gasteiger partial charge in [0.25, 0.3) is 5.91 Å². The molecule has 29 heavy (non-hydrogen) atoms. The highest BCUT2D eigenvalue weighted by Gasteiger charge is 2.23. The van der Waals surface area contributed by atoms with Gasteiger partial charge in [-0.05, 0) is 63.8 Å². The Labute approximate surface area is 190 Å². The van der Waals surface area contributed by atoms with Crippen LogP contribution in [0.4, 0.5) is 5.13 Å². The van der Waals surface area contributed by atoms with Gasteiger partial charge in [-0.2, -0.15) is 0 Å². The summed E-state index contributed by atoms with van der Waals surface area (Å²) >= 11 is 4.99. The summed E-state index contributed by atoms with van der Waals surface area (Å²) in [6, 6.07) is 11.4. The third-order valence-electron chi connectivity index (χ3n) is 4.45. The van der Waals surface area contributed by atoms with E-state index < -0.39 is 0 Å². The summed E-state index contributed by atoms with van der Waals surface area (Å²) in [5.41, 5.74) is 2.58. The molecule has 0 fully saturated rings. The third-order valence-corrected chi connectivity index (χ3v) is 6.15. The number of hydrogen-bond donors (Lipinski definition) is 0. The van der Waals surface area contributed by atoms with Gasteiger partial charge in [-0.15, -0.1) is 12.4 Å². The zero-order chi connectivity index (χ0) is 20.3. The van der Waals surface area contributed by atoms with Gasteiger partial charge in [-0.1, -0.05) is 39.4 Å². The van der Waals surface area contributed by atoms with Crippen LogP contribution in [0.15, 0.2) is 40.9 Å². The molecule has 0 spiro atoms. The summed E-state index contributed by atoms with van der Waals surface area (Å²) < 4.78 is 7.41. The van der Waals surface area contributed by atoms with Crippen molar-refractivity contribution in [3.63, 3.8) is 0 Å². The monoisotopic (exact) mass is 497 g/mol. The lowest BCUT2D eigenvalue weighted by Crippen LogP contribution is -2.33. The maximum atomic E-state index is 13.3. The highest BCUT2D eigenvalue weighted by atomic mass is 79.9. The predicted octanol–water partition coefficient (Wildman–Crippen LogP) is 5.40. The highest BCUT2D eigenvalue weighted by Crippen LogP contribution is 2.37. The Morgan fingerprint density at radius 2 is 1.97 bits per heavy atom. The number of methoxy groups -OCH3 is 1. The Morgan fingerprint density at radius 3 is 2.62 bits per heavy atom. The first kappa shape index (κ1) is 23.6. The van der Waals surface area contributed by atoms with Crippen molar-refractivity contribution < 1.29 is 9.53 Å². The molecule has 5 nitrogen and oxygen atoms in total. The number of aromatic nitrogens is 1. The number of benzene rings is 2. The van der Waals surface area contributed by atoms with E-state index in [9.17, 15) is 4.79 Å². The van der Waals surface area contributed by atoms with Crippen molar-refractivity contribution in [3.05, 3.63) is 52.0 Å². The molecule has 0 atom stereocenters. The van der Waals surface area contributed by atoms with Crippen molar-refractivity contribution in [2.75, 3.05) is 39.2 Å². The number of rotatable bonds is 7. The van der Waals surface area contributed by atoms with Crippen molar-refractivity contribution in [1.82, 2.24) is 9.88 Å². The molecule has 2 aromatic carbocycles. The van der Waals surface area contributed by atoms with E-state index in [1.54, 1.807) is 12.0 Å². The Kier molecular flexibility index (Phi) is 8.46. The van der Waals surface area contributed by atoms with Crippen LogP contribution in [0.1, 0.15) is 22.3 Å². The van der Waals surface area contributed by atoms with Crippen LogP contribution in [0.5, 0.6) is 5.75 Å². The first-order chi connectivity index (χ1) is 13.4. The smallest absolute Gasteiger partial charge is 0.260 e. The second-order valence-electron chi connectivity index (χ2n) is 6.88. The van der Waals surface area contributed by atoms with Crippen molar-refractivity contribution in [2.45, 2.75) is 13.3 Å². The zero-order valence-electron chi connectivity index (χ0n) is 16.9. The Bertz CT molecular complexity index is 993. The third kappa shape index (κ3) is 5.48. The number of amides is 1. The maximum Gasteiger partial charge on any atom is 0.260 e. The molecule has 3 rings (SSSR count). The Hall–Kier alpha value is -1.67. The molecule has 8 heteroatoms. The fraction of sp³-hybridized carbons (Fsp3) is 0.333. The van der Waals surface area contributed by atoms with Gasteiger partial charge in [0, 0.05) is 16.6 Å². The maximum absolute atomic E-state index is 13.3. The molecular weight excluding hydrogens is 474 g/mol. The molecule has 0 bridgehead atoms. The number of carbonyl (C=O) groups excluding carboxylic acids is 1. The molecule has 0 saturated carbocycles. The average molecular weight is 499 g/mol. The fourth-order valence-electron chi connectivity index (χ4n) is 2.99. The molecule has 0 saturated heterocycles. The Balaban J connectivity index is 0.00000300. The van der Waals surface area contributed by atoms with Crippen LogP contribution in [0.3, 0.4) is 0 Å². The highest BCUT2D eigenvalue weighted by molar-refractivity contribution is 9.10. The van der Waals surface area contributed by atoms with Crippen LogP contribution in [0.25, 0.3) is 10.2 Å². The molecule has 0 aliphatic rings. The largest absolute Gasteiger partial charge is 0.494 e. The summed E-state index contributed by atoms with van der Waals surface area (Å²) in [7, 11) is 5.71. The number of nitrogens with zero attached hydrogens (tertiary/aromatic N) is 3. The van der Waals surface area contributed by atoms with E-state index in [0.29, 0.717) is 17.2 Å². The Morgan fingerprint density at radius 1 is 1.21 bits per heavy atom. The zero-order valence-corrected chi connectivity index (χ0v) is 20.2. The van der Waals surface area contributed by atoms with Crippen molar-refractivity contribution >= 4 is 60.9 Å². The quantitative estimate of drug-likeness (QED) is 0.438. The first-order valence-electron chi connectivity index (χ1n) is 9.07. The lowest BCUT2D eigenvalue weighted by Gasteiger charge is -2.21. The molecule has 1 amide bonds. The SMILES string of the molecule is COc1ccc(C)c2sc(N(CCCN(C)C)C(=O)c3cccc(Br)c3)nc12.Cl. The van der Waals surface area contributed by atoms with E-state index in [1.807, 2.05) is 50.5 Å². The van der Waals surface area contributed by atoms with Gasteiger partial charge in [-0.3, -0.25) is 9.69 Å². The van der Waals surface area contributed by atoms with Gasteiger partial charge in [0.15, 0.2) is 5.13 Å². The van der Waals surface area contributed by atoms with E-state index in [2.05, 4.69) is 27.8 Å². The van der Waals surface area contributed by atoms with Crippen LogP contribution < -0.4 is 9.64 Å². The summed E-state index contributed by atoms with van der Waals surface area (Å²) in [5, 5.41) is 0.700. The van der Waals surface area contributed by atoms with Crippen molar-refractivity contribution in [2.24, 2.45) is 0 Å². The molecule has 1 aromatic heterocycles. The van der Waals surface area contributed by atoms with E-state index >= 15 is 0 Å². The number of ether oxygens (including phenoxy) is 1. The van der Waals surface area contributed by atoms with Gasteiger partial charge in [0.05, 0.1) is 11.8 Å².